The third-order valence-electron chi connectivity index (χ3n) is 11.6. The first kappa shape index (κ1) is 27.8. The highest BCUT2D eigenvalue weighted by Crippen LogP contribution is 2.65. The minimum Gasteiger partial charge on any atom is -0.111 e. The van der Waals surface area contributed by atoms with Gasteiger partial charge in [-0.1, -0.05) is 140 Å². The van der Waals surface area contributed by atoms with Gasteiger partial charge in [0, 0.05) is 5.56 Å². The molecule has 0 fully saturated rings. The fourth-order valence-electron chi connectivity index (χ4n) is 9.58. The summed E-state index contributed by atoms with van der Waals surface area (Å²) in [5.74, 6) is 0. The summed E-state index contributed by atoms with van der Waals surface area (Å²) in [5.41, 5.74) is 16.6. The van der Waals surface area contributed by atoms with E-state index >= 15 is 0 Å². The van der Waals surface area contributed by atoms with Gasteiger partial charge in [0.15, 0.2) is 6.54 Å². The summed E-state index contributed by atoms with van der Waals surface area (Å²) in [7, 11) is 0. The Kier molecular flexibility index (Phi) is 5.67. The number of benzene rings is 8. The second kappa shape index (κ2) is 10.2. The summed E-state index contributed by atoms with van der Waals surface area (Å²) in [5, 5.41) is 10.1. The normalized spacial score (nSPS) is 15.9. The first-order chi connectivity index (χ1) is 24.8. The molecule has 3 aliphatic rings. The molecule has 0 saturated heterocycles. The molecular weight excluding hydrogens is 605 g/mol. The Morgan fingerprint density at radius 1 is 0.540 bits per heavy atom. The van der Waals surface area contributed by atoms with Crippen LogP contribution in [0.5, 0.6) is 0 Å². The molecule has 0 saturated carbocycles. The fourth-order valence-corrected chi connectivity index (χ4v) is 9.58. The van der Waals surface area contributed by atoms with Crippen molar-refractivity contribution in [1.82, 2.24) is 0 Å². The van der Waals surface area contributed by atoms with Crippen molar-refractivity contribution >= 4 is 27.2 Å². The first-order valence-electron chi connectivity index (χ1n) is 17.7. The summed E-state index contributed by atoms with van der Waals surface area (Å²) in [4.78, 5) is 0. The lowest BCUT2D eigenvalue weighted by Crippen LogP contribution is -2.26. The molecule has 8 aromatic rings. The average molecular weight is 638 g/mol. The van der Waals surface area contributed by atoms with Gasteiger partial charge in [-0.15, -0.1) is 4.70 Å². The zero-order chi connectivity index (χ0) is 33.0. The first-order valence-corrected chi connectivity index (χ1v) is 17.7. The van der Waals surface area contributed by atoms with Gasteiger partial charge in [0.05, 0.1) is 11.0 Å². The molecule has 50 heavy (non-hydrogen) atoms. The number of hydrogen-bond donors (Lipinski definition) is 0. The van der Waals surface area contributed by atoms with E-state index in [0.29, 0.717) is 0 Å². The number of rotatable bonds is 3. The van der Waals surface area contributed by atoms with Crippen LogP contribution in [0.3, 0.4) is 0 Å². The number of hydrogen-bond acceptors (Lipinski definition) is 1. The summed E-state index contributed by atoms with van der Waals surface area (Å²) >= 11 is 0. The molecule has 0 aromatic heterocycles. The van der Waals surface area contributed by atoms with Gasteiger partial charge in [0.25, 0.3) is 0 Å². The number of nitrogens with zero attached hydrogens (tertiary/aromatic N) is 2. The average Bonchev–Trinajstić information content (AvgIpc) is 3.82. The third kappa shape index (κ3) is 3.53. The highest BCUT2D eigenvalue weighted by atomic mass is 15.3. The molecule has 234 valence electrons. The molecule has 11 rings (SSSR count). The minimum atomic E-state index is -0.397. The highest BCUT2D eigenvalue weighted by Gasteiger charge is 2.52. The Balaban J connectivity index is 1.15. The van der Waals surface area contributed by atoms with E-state index in [1.807, 2.05) is 0 Å². The van der Waals surface area contributed by atoms with Crippen molar-refractivity contribution in [2.75, 3.05) is 6.54 Å². The van der Waals surface area contributed by atoms with E-state index in [0.717, 1.165) is 12.2 Å². The molecule has 8 aromatic carbocycles. The van der Waals surface area contributed by atoms with Gasteiger partial charge in [-0.05, 0) is 113 Å². The zero-order valence-corrected chi connectivity index (χ0v) is 27.8. The van der Waals surface area contributed by atoms with Crippen LogP contribution in [0.25, 0.3) is 54.9 Å². The molecule has 2 aliphatic carbocycles. The van der Waals surface area contributed by atoms with Crippen molar-refractivity contribution in [1.29, 1.82) is 0 Å². The van der Waals surface area contributed by atoms with Crippen molar-refractivity contribution in [3.63, 3.8) is 0 Å². The Labute approximate surface area is 291 Å². The van der Waals surface area contributed by atoms with Gasteiger partial charge < -0.3 is 0 Å². The summed E-state index contributed by atoms with van der Waals surface area (Å²) in [6, 6.07) is 61.4. The highest BCUT2D eigenvalue weighted by molar-refractivity contribution is 6.11. The maximum atomic E-state index is 4.94. The zero-order valence-electron chi connectivity index (χ0n) is 27.8. The topological polar surface area (TPSA) is 15.4 Å². The van der Waals surface area contributed by atoms with Crippen LogP contribution in [0.15, 0.2) is 169 Å². The van der Waals surface area contributed by atoms with E-state index in [9.17, 15) is 0 Å². The van der Waals surface area contributed by atoms with Crippen molar-refractivity contribution < 1.29 is 4.70 Å². The van der Waals surface area contributed by atoms with Crippen molar-refractivity contribution in [2.24, 2.45) is 5.11 Å². The van der Waals surface area contributed by atoms with Crippen LogP contribution in [0.1, 0.15) is 46.3 Å². The minimum absolute atomic E-state index is 0.121. The molecule has 0 N–H and O–H groups in total. The van der Waals surface area contributed by atoms with Gasteiger partial charge in [-0.2, -0.15) is 0 Å². The fraction of sp³-hybridized carbons (Fsp3) is 0.0833. The van der Waals surface area contributed by atoms with E-state index in [4.69, 9.17) is 5.11 Å². The van der Waals surface area contributed by atoms with Crippen molar-refractivity contribution in [3.8, 4) is 33.4 Å². The Bertz CT molecular complexity index is 2720. The van der Waals surface area contributed by atoms with Gasteiger partial charge in [-0.25, -0.2) is 0 Å². The van der Waals surface area contributed by atoms with Gasteiger partial charge >= 0.3 is 0 Å². The predicted octanol–water partition coefficient (Wildman–Crippen LogP) is 12.2. The molecule has 2 heteroatoms. The van der Waals surface area contributed by atoms with E-state index in [2.05, 4.69) is 175 Å². The maximum absolute atomic E-state index is 4.94. The molecule has 2 nitrogen and oxygen atoms in total. The third-order valence-corrected chi connectivity index (χ3v) is 11.6. The van der Waals surface area contributed by atoms with Gasteiger partial charge in [0.2, 0.25) is 6.04 Å². The monoisotopic (exact) mass is 637 g/mol. The Morgan fingerprint density at radius 2 is 1.26 bits per heavy atom. The molecule has 1 heterocycles. The summed E-state index contributed by atoms with van der Waals surface area (Å²) in [6.07, 6.45) is 0. The molecule has 1 atom stereocenters. The van der Waals surface area contributed by atoms with E-state index in [-0.39, 0.29) is 6.04 Å². The standard InChI is InChI=1S/C48H33N2/c1-2-50-47(39-18-7-10-21-44(39)49-50)34-14-11-13-31(29-34)32-22-25-36-33(28-32)23-26-40-45-35-15-4-3-12-30(35)24-27-43(45)48(46(36)40)41-19-8-5-16-37(41)38-17-6-9-20-42(38)48/h3-29,47H,2H2,1H3/q+1. The van der Waals surface area contributed by atoms with Crippen LogP contribution >= 0.6 is 0 Å². The van der Waals surface area contributed by atoms with Crippen LogP contribution in [-0.4, -0.2) is 11.2 Å². The summed E-state index contributed by atoms with van der Waals surface area (Å²) < 4.78 is 2.21. The van der Waals surface area contributed by atoms with Crippen molar-refractivity contribution in [2.45, 2.75) is 18.4 Å². The quantitative estimate of drug-likeness (QED) is 0.171. The van der Waals surface area contributed by atoms with E-state index in [1.54, 1.807) is 0 Å². The molecule has 0 radical (unpaired) electrons. The maximum Gasteiger partial charge on any atom is 0.231 e. The lowest BCUT2D eigenvalue weighted by molar-refractivity contribution is -0.612. The van der Waals surface area contributed by atoms with Crippen molar-refractivity contribution in [3.05, 3.63) is 197 Å². The molecule has 1 unspecified atom stereocenters. The second-order valence-corrected chi connectivity index (χ2v) is 13.9. The molecule has 0 amide bonds. The Hall–Kier alpha value is -6.12. The lowest BCUT2D eigenvalue weighted by atomic mass is 9.69. The van der Waals surface area contributed by atoms with Crippen LogP contribution in [0.4, 0.5) is 5.69 Å². The predicted molar refractivity (Wildman–Crippen MR) is 204 cm³/mol. The van der Waals surface area contributed by atoms with Crippen LogP contribution in [0.2, 0.25) is 0 Å². The molecular formula is C48H33N2+. The smallest absolute Gasteiger partial charge is 0.111 e. The largest absolute Gasteiger partial charge is 0.231 e. The number of azo groups is 2. The lowest BCUT2D eigenvalue weighted by Gasteiger charge is -2.31. The second-order valence-electron chi connectivity index (χ2n) is 13.9. The molecule has 1 aliphatic heterocycles. The van der Waals surface area contributed by atoms with Crippen LogP contribution < -0.4 is 0 Å². The molecule has 1 spiro atoms. The van der Waals surface area contributed by atoms with Gasteiger partial charge in [-0.3, -0.25) is 0 Å². The Morgan fingerprint density at radius 3 is 2.10 bits per heavy atom. The molecule has 0 bridgehead atoms. The van der Waals surface area contributed by atoms with E-state index in [1.165, 1.54) is 88.3 Å². The van der Waals surface area contributed by atoms with Crippen LogP contribution in [-0.2, 0) is 5.41 Å². The SMILES string of the molecule is CC[N+]1=Nc2ccccc2C1c1cccc(-c2ccc3c4c(ccc3c2)-c2c(ccc3ccccc23)C42c3ccccc3-c3ccccc32)c1. The number of fused-ring (bicyclic) bond motifs is 15. The summed E-state index contributed by atoms with van der Waals surface area (Å²) in [6.45, 7) is 3.04. The van der Waals surface area contributed by atoms with Crippen LogP contribution in [0, 0.1) is 0 Å². The van der Waals surface area contributed by atoms with E-state index < -0.39 is 5.41 Å². The van der Waals surface area contributed by atoms with Gasteiger partial charge in [0.1, 0.15) is 5.69 Å².